The molecule has 0 aromatic heterocycles. The summed E-state index contributed by atoms with van der Waals surface area (Å²) in [5, 5.41) is 13.6. The first-order valence-corrected chi connectivity index (χ1v) is 8.90. The lowest BCUT2D eigenvalue weighted by Gasteiger charge is -2.20. The first-order valence-electron chi connectivity index (χ1n) is 8.90. The number of carbonyl (C=O) groups is 1. The molecule has 0 saturated carbocycles. The summed E-state index contributed by atoms with van der Waals surface area (Å²) >= 11 is 0. The minimum Gasteiger partial charge on any atom is -0.481 e. The average molecular weight is 354 g/mol. The van der Waals surface area contributed by atoms with Crippen LogP contribution >= 0.6 is 0 Å². The van der Waals surface area contributed by atoms with E-state index in [0.717, 1.165) is 12.8 Å². The van der Waals surface area contributed by atoms with Crippen molar-refractivity contribution >= 4 is 17.3 Å². The van der Waals surface area contributed by atoms with Gasteiger partial charge in [0, 0.05) is 17.8 Å². The lowest BCUT2D eigenvalue weighted by atomic mass is 9.92. The van der Waals surface area contributed by atoms with Gasteiger partial charge in [-0.25, -0.2) is 0 Å². The van der Waals surface area contributed by atoms with Crippen molar-refractivity contribution < 1.29 is 14.5 Å². The van der Waals surface area contributed by atoms with Crippen LogP contribution in [0.25, 0.3) is 0 Å². The number of non-ortho nitro benzene ring substituents is 1. The molecule has 1 unspecified atom stereocenters. The SMILES string of the molecule is CCC(Oc1ccc2c(c1)CCCC2)C(=O)Nc1cccc([N+](=O)[O-])c1. The van der Waals surface area contributed by atoms with Gasteiger partial charge in [-0.1, -0.05) is 19.1 Å². The summed E-state index contributed by atoms with van der Waals surface area (Å²) in [4.78, 5) is 22.9. The van der Waals surface area contributed by atoms with Gasteiger partial charge in [0.2, 0.25) is 0 Å². The van der Waals surface area contributed by atoms with Gasteiger partial charge in [-0.3, -0.25) is 14.9 Å². The fourth-order valence-corrected chi connectivity index (χ4v) is 3.19. The first-order chi connectivity index (χ1) is 12.6. The molecule has 0 bridgehead atoms. The predicted molar refractivity (Wildman–Crippen MR) is 99.5 cm³/mol. The topological polar surface area (TPSA) is 81.5 Å². The van der Waals surface area contributed by atoms with Crippen molar-refractivity contribution in [3.05, 3.63) is 63.7 Å². The van der Waals surface area contributed by atoms with E-state index in [1.807, 2.05) is 19.1 Å². The van der Waals surface area contributed by atoms with Crippen LogP contribution in [0.2, 0.25) is 0 Å². The van der Waals surface area contributed by atoms with Crippen LogP contribution in [-0.2, 0) is 17.6 Å². The lowest BCUT2D eigenvalue weighted by molar-refractivity contribution is -0.384. The van der Waals surface area contributed by atoms with Gasteiger partial charge in [0.05, 0.1) is 4.92 Å². The number of nitrogens with one attached hydrogen (secondary N) is 1. The highest BCUT2D eigenvalue weighted by molar-refractivity contribution is 5.94. The number of ether oxygens (including phenoxy) is 1. The molecule has 1 aliphatic carbocycles. The first kappa shape index (κ1) is 17.9. The summed E-state index contributed by atoms with van der Waals surface area (Å²) < 4.78 is 5.90. The van der Waals surface area contributed by atoms with Crippen molar-refractivity contribution in [2.75, 3.05) is 5.32 Å². The number of nitro groups is 1. The molecule has 0 fully saturated rings. The van der Waals surface area contributed by atoms with Crippen molar-refractivity contribution in [2.24, 2.45) is 0 Å². The third-order valence-electron chi connectivity index (χ3n) is 4.59. The number of benzene rings is 2. The van der Waals surface area contributed by atoms with Crippen molar-refractivity contribution in [1.82, 2.24) is 0 Å². The Morgan fingerprint density at radius 3 is 2.69 bits per heavy atom. The average Bonchev–Trinajstić information content (AvgIpc) is 2.66. The Balaban J connectivity index is 1.69. The standard InChI is InChI=1S/C20H22N2O4/c1-2-19(20(23)21-16-8-5-9-17(13-16)22(24)25)26-18-11-10-14-6-3-4-7-15(14)12-18/h5,8-13,19H,2-4,6-7H2,1H3,(H,21,23). The van der Waals surface area contributed by atoms with Gasteiger partial charge < -0.3 is 10.1 Å². The maximum Gasteiger partial charge on any atom is 0.271 e. The van der Waals surface area contributed by atoms with E-state index in [0.29, 0.717) is 17.9 Å². The second-order valence-electron chi connectivity index (χ2n) is 6.45. The van der Waals surface area contributed by atoms with Crippen LogP contribution in [0, 0.1) is 10.1 Å². The fraction of sp³-hybridized carbons (Fsp3) is 0.350. The highest BCUT2D eigenvalue weighted by Crippen LogP contribution is 2.26. The quantitative estimate of drug-likeness (QED) is 0.620. The zero-order valence-electron chi connectivity index (χ0n) is 14.7. The van der Waals surface area contributed by atoms with E-state index in [2.05, 4.69) is 11.4 Å². The molecule has 136 valence electrons. The second-order valence-corrected chi connectivity index (χ2v) is 6.45. The van der Waals surface area contributed by atoms with Crippen LogP contribution in [0.5, 0.6) is 5.75 Å². The van der Waals surface area contributed by atoms with Crippen molar-refractivity contribution in [3.8, 4) is 5.75 Å². The molecule has 0 saturated heterocycles. The third kappa shape index (κ3) is 4.20. The minimum absolute atomic E-state index is 0.0635. The molecule has 6 heteroatoms. The Kier molecular flexibility index (Phi) is 5.51. The van der Waals surface area contributed by atoms with E-state index in [9.17, 15) is 14.9 Å². The van der Waals surface area contributed by atoms with Gasteiger partial charge >= 0.3 is 0 Å². The molecule has 1 aliphatic rings. The predicted octanol–water partition coefficient (Wildman–Crippen LogP) is 4.27. The molecule has 6 nitrogen and oxygen atoms in total. The number of hydrogen-bond donors (Lipinski definition) is 1. The number of rotatable bonds is 6. The summed E-state index contributed by atoms with van der Waals surface area (Å²) in [5.74, 6) is 0.373. The second kappa shape index (κ2) is 7.99. The molecule has 0 heterocycles. The van der Waals surface area contributed by atoms with Gasteiger partial charge in [0.1, 0.15) is 5.75 Å². The summed E-state index contributed by atoms with van der Waals surface area (Å²) in [5.41, 5.74) is 2.98. The molecule has 26 heavy (non-hydrogen) atoms. The number of amides is 1. The minimum atomic E-state index is -0.657. The smallest absolute Gasteiger partial charge is 0.271 e. The van der Waals surface area contributed by atoms with Gasteiger partial charge in [-0.05, 0) is 61.4 Å². The number of nitrogens with zero attached hydrogens (tertiary/aromatic N) is 1. The zero-order chi connectivity index (χ0) is 18.5. The highest BCUT2D eigenvalue weighted by Gasteiger charge is 2.20. The largest absolute Gasteiger partial charge is 0.481 e. The molecule has 1 amide bonds. The van der Waals surface area contributed by atoms with Crippen molar-refractivity contribution in [1.29, 1.82) is 0 Å². The van der Waals surface area contributed by atoms with Crippen LogP contribution in [0.4, 0.5) is 11.4 Å². The molecule has 0 radical (unpaired) electrons. The molecule has 2 aromatic rings. The Morgan fingerprint density at radius 1 is 1.19 bits per heavy atom. The summed E-state index contributed by atoms with van der Waals surface area (Å²) in [7, 11) is 0. The zero-order valence-corrected chi connectivity index (χ0v) is 14.7. The molecular formula is C20H22N2O4. The van der Waals surface area contributed by atoms with E-state index < -0.39 is 11.0 Å². The maximum absolute atomic E-state index is 12.5. The maximum atomic E-state index is 12.5. The van der Waals surface area contributed by atoms with Crippen molar-refractivity contribution in [3.63, 3.8) is 0 Å². The monoisotopic (exact) mass is 354 g/mol. The van der Waals surface area contributed by atoms with E-state index in [4.69, 9.17) is 4.74 Å². The molecule has 1 N–H and O–H groups in total. The van der Waals surface area contributed by atoms with Gasteiger partial charge in [0.15, 0.2) is 6.10 Å². The van der Waals surface area contributed by atoms with Gasteiger partial charge in [0.25, 0.3) is 11.6 Å². The van der Waals surface area contributed by atoms with E-state index in [1.165, 1.54) is 36.1 Å². The van der Waals surface area contributed by atoms with E-state index in [1.54, 1.807) is 12.1 Å². The molecule has 0 spiro atoms. The molecule has 3 rings (SSSR count). The molecule has 1 atom stereocenters. The fourth-order valence-electron chi connectivity index (χ4n) is 3.19. The van der Waals surface area contributed by atoms with Crippen LogP contribution < -0.4 is 10.1 Å². The van der Waals surface area contributed by atoms with Gasteiger partial charge in [-0.2, -0.15) is 0 Å². The Morgan fingerprint density at radius 2 is 1.96 bits per heavy atom. The normalized spacial score (nSPS) is 14.2. The Labute approximate surface area is 152 Å². The Hall–Kier alpha value is -2.89. The number of carbonyl (C=O) groups excluding carboxylic acids is 1. The van der Waals surface area contributed by atoms with Crippen LogP contribution in [-0.4, -0.2) is 16.9 Å². The summed E-state index contributed by atoms with van der Waals surface area (Å²) in [6.45, 7) is 1.87. The molecule has 0 aliphatic heterocycles. The third-order valence-corrected chi connectivity index (χ3v) is 4.59. The summed E-state index contributed by atoms with van der Waals surface area (Å²) in [6, 6.07) is 11.9. The number of nitro benzene ring substituents is 1. The number of aryl methyl sites for hydroxylation is 2. The molecule has 2 aromatic carbocycles. The van der Waals surface area contributed by atoms with Gasteiger partial charge in [-0.15, -0.1) is 0 Å². The van der Waals surface area contributed by atoms with E-state index >= 15 is 0 Å². The number of anilines is 1. The van der Waals surface area contributed by atoms with Crippen LogP contribution in [0.3, 0.4) is 0 Å². The lowest BCUT2D eigenvalue weighted by Crippen LogP contribution is -2.32. The summed E-state index contributed by atoms with van der Waals surface area (Å²) in [6.07, 6.45) is 4.38. The number of hydrogen-bond acceptors (Lipinski definition) is 4. The van der Waals surface area contributed by atoms with E-state index in [-0.39, 0.29) is 11.6 Å². The van der Waals surface area contributed by atoms with Crippen LogP contribution in [0.15, 0.2) is 42.5 Å². The molecular weight excluding hydrogens is 332 g/mol. The van der Waals surface area contributed by atoms with Crippen molar-refractivity contribution in [2.45, 2.75) is 45.1 Å². The van der Waals surface area contributed by atoms with Crippen LogP contribution in [0.1, 0.15) is 37.3 Å². The highest BCUT2D eigenvalue weighted by atomic mass is 16.6. The number of fused-ring (bicyclic) bond motifs is 1. The Bertz CT molecular complexity index is 819.